The highest BCUT2D eigenvalue weighted by Crippen LogP contribution is 2.45. The number of piperazine rings is 1. The number of nitrogens with one attached hydrogen (secondary N) is 4. The molecular weight excluding hydrogens is 995 g/mol. The standard InChI is InChI=1S/C49H58BrN13O7S/c1-30-23-37(56-48-53-26-33(50)46(58-48)55-35-7-6-34-44(52-16-15-51-34)45(35)59(2)71(4,67)68)40(69-3)25-39(30)61-17-11-49(12-18-61)13-19-62(20-14-49)43(65)28-60-21-22-63-32(27-60)29-70-41-24-31(5-9-38(41)63)54-36-8-10-42(64)57-47(36)66/h5-7,9,15-16,23-26,32,36,54H,8,10-14,17-22,27-29H2,1-4H3,(H,57,64,66)(H2,53,55,56,58)/t32-,36?/m1/s1. The number of carbonyl (C=O) groups excluding carboxylic acids is 3. The summed E-state index contributed by atoms with van der Waals surface area (Å²) < 4.78 is 39.3. The highest BCUT2D eigenvalue weighted by Gasteiger charge is 2.40. The summed E-state index contributed by atoms with van der Waals surface area (Å²) in [5.41, 5.74) is 6.64. The quantitative estimate of drug-likeness (QED) is 0.115. The van der Waals surface area contributed by atoms with Gasteiger partial charge in [0.05, 0.1) is 53.0 Å². The van der Waals surface area contributed by atoms with Gasteiger partial charge in [0.1, 0.15) is 41.2 Å². The lowest BCUT2D eigenvalue weighted by atomic mass is 9.71. The minimum Gasteiger partial charge on any atom is -0.494 e. The molecule has 4 fully saturated rings. The second kappa shape index (κ2) is 19.6. The summed E-state index contributed by atoms with van der Waals surface area (Å²) in [6.07, 6.45) is 10.7. The Morgan fingerprint density at radius 2 is 1.73 bits per heavy atom. The zero-order valence-electron chi connectivity index (χ0n) is 40.2. The van der Waals surface area contributed by atoms with Crippen molar-refractivity contribution in [3.63, 3.8) is 0 Å². The molecule has 3 aromatic carbocycles. The van der Waals surface area contributed by atoms with Crippen LogP contribution in [0, 0.1) is 12.3 Å². The van der Waals surface area contributed by atoms with Crippen LogP contribution in [-0.4, -0.2) is 147 Å². The van der Waals surface area contributed by atoms with Crippen molar-refractivity contribution in [1.29, 1.82) is 0 Å². The lowest BCUT2D eigenvalue weighted by Gasteiger charge is -2.48. The van der Waals surface area contributed by atoms with Gasteiger partial charge in [-0.25, -0.2) is 13.4 Å². The first kappa shape index (κ1) is 48.1. The van der Waals surface area contributed by atoms with Crippen molar-refractivity contribution in [3.05, 3.63) is 71.1 Å². The van der Waals surface area contributed by atoms with E-state index in [1.54, 1.807) is 31.6 Å². The number of aromatic nitrogens is 4. The Bertz CT molecular complexity index is 3000. The Kier molecular flexibility index (Phi) is 13.3. The van der Waals surface area contributed by atoms with Crippen LogP contribution in [0.5, 0.6) is 11.5 Å². The van der Waals surface area contributed by atoms with Gasteiger partial charge in [-0.2, -0.15) is 4.98 Å². The third kappa shape index (κ3) is 10.1. The molecule has 1 unspecified atom stereocenters. The van der Waals surface area contributed by atoms with Crippen molar-refractivity contribution >= 4 is 101 Å². The number of piperidine rings is 3. The second-order valence-corrected chi connectivity index (χ2v) is 22.1. The minimum absolute atomic E-state index is 0.133. The number of likely N-dealkylation sites (tertiary alicyclic amines) is 1. The van der Waals surface area contributed by atoms with Gasteiger partial charge < -0.3 is 40.1 Å². The number of amides is 3. The fraction of sp³-hybridized carbons (Fsp3) is 0.449. The molecule has 0 radical (unpaired) electrons. The summed E-state index contributed by atoms with van der Waals surface area (Å²) in [7, 11) is -0.534. The Labute approximate surface area is 421 Å². The molecule has 0 saturated carbocycles. The molecule has 0 bridgehead atoms. The van der Waals surface area contributed by atoms with E-state index in [1.165, 1.54) is 17.5 Å². The van der Waals surface area contributed by atoms with Crippen molar-refractivity contribution in [1.82, 2.24) is 35.1 Å². The Morgan fingerprint density at radius 1 is 0.958 bits per heavy atom. The van der Waals surface area contributed by atoms with Gasteiger partial charge in [-0.1, -0.05) is 0 Å². The highest BCUT2D eigenvalue weighted by molar-refractivity contribution is 9.10. The van der Waals surface area contributed by atoms with Gasteiger partial charge in [0.25, 0.3) is 0 Å². The molecule has 71 heavy (non-hydrogen) atoms. The predicted molar refractivity (Wildman–Crippen MR) is 276 cm³/mol. The van der Waals surface area contributed by atoms with E-state index in [1.807, 2.05) is 24.3 Å². The number of rotatable bonds is 12. The molecule has 2 atom stereocenters. The highest BCUT2D eigenvalue weighted by atomic mass is 79.9. The van der Waals surface area contributed by atoms with Crippen LogP contribution in [-0.2, 0) is 24.4 Å². The number of aryl methyl sites for hydroxylation is 1. The summed E-state index contributed by atoms with van der Waals surface area (Å²) in [6, 6.07) is 13.2. The number of hydrogen-bond acceptors (Lipinski definition) is 17. The van der Waals surface area contributed by atoms with E-state index < -0.39 is 16.1 Å². The van der Waals surface area contributed by atoms with Crippen LogP contribution >= 0.6 is 15.9 Å². The van der Waals surface area contributed by atoms with Crippen LogP contribution in [0.25, 0.3) is 11.0 Å². The molecule has 374 valence electrons. The number of fused-ring (bicyclic) bond motifs is 4. The minimum atomic E-state index is -3.65. The van der Waals surface area contributed by atoms with Gasteiger partial charge in [-0.3, -0.25) is 38.9 Å². The molecule has 2 aromatic heterocycles. The van der Waals surface area contributed by atoms with Gasteiger partial charge >= 0.3 is 0 Å². The molecule has 1 spiro atoms. The number of ether oxygens (including phenoxy) is 2. The van der Waals surface area contributed by atoms with Crippen LogP contribution in [0.4, 0.5) is 45.9 Å². The molecule has 4 saturated heterocycles. The van der Waals surface area contributed by atoms with E-state index >= 15 is 0 Å². The lowest BCUT2D eigenvalue weighted by Crippen LogP contribution is -2.59. The molecule has 0 aliphatic carbocycles. The summed E-state index contributed by atoms with van der Waals surface area (Å²) in [5.74, 6) is 1.76. The zero-order valence-corrected chi connectivity index (χ0v) is 42.6. The Balaban J connectivity index is 0.721. The molecule has 5 aliphatic rings. The summed E-state index contributed by atoms with van der Waals surface area (Å²) in [4.78, 5) is 64.8. The fourth-order valence-electron chi connectivity index (χ4n) is 10.6. The fourth-order valence-corrected chi connectivity index (χ4v) is 11.4. The molecule has 10 rings (SSSR count). The van der Waals surface area contributed by atoms with Crippen LogP contribution in [0.2, 0.25) is 0 Å². The average Bonchev–Trinajstić information content (AvgIpc) is 3.36. The van der Waals surface area contributed by atoms with E-state index in [0.717, 1.165) is 106 Å². The predicted octanol–water partition coefficient (Wildman–Crippen LogP) is 5.39. The second-order valence-electron chi connectivity index (χ2n) is 19.2. The van der Waals surface area contributed by atoms with E-state index in [4.69, 9.17) is 14.5 Å². The van der Waals surface area contributed by atoms with Gasteiger partial charge in [0, 0.05) is 101 Å². The Morgan fingerprint density at radius 3 is 2.49 bits per heavy atom. The molecule has 5 aromatic rings. The van der Waals surface area contributed by atoms with E-state index in [0.29, 0.717) is 76.1 Å². The number of methoxy groups -OCH3 is 1. The summed E-state index contributed by atoms with van der Waals surface area (Å²) in [5, 5.41) is 12.3. The first-order valence-corrected chi connectivity index (χ1v) is 26.6. The van der Waals surface area contributed by atoms with Gasteiger partial charge in [-0.05, 0) is 96.3 Å². The third-order valence-electron chi connectivity index (χ3n) is 14.7. The molecule has 3 amide bonds. The molecule has 22 heteroatoms. The van der Waals surface area contributed by atoms with Crippen LogP contribution < -0.4 is 44.8 Å². The topological polar surface area (TPSA) is 220 Å². The maximum Gasteiger partial charge on any atom is 0.249 e. The molecule has 7 heterocycles. The van der Waals surface area contributed by atoms with Crippen molar-refractivity contribution in [3.8, 4) is 11.5 Å². The van der Waals surface area contributed by atoms with E-state index in [9.17, 15) is 22.8 Å². The molecule has 4 N–H and O–H groups in total. The van der Waals surface area contributed by atoms with Crippen LogP contribution in [0.15, 0.2) is 65.5 Å². The first-order chi connectivity index (χ1) is 34.1. The number of carbonyl (C=O) groups is 3. The van der Waals surface area contributed by atoms with Gasteiger partial charge in [0.2, 0.25) is 33.7 Å². The van der Waals surface area contributed by atoms with Crippen molar-refractivity contribution in [2.75, 3.05) is 109 Å². The van der Waals surface area contributed by atoms with E-state index in [2.05, 4.69) is 84.7 Å². The number of anilines is 8. The van der Waals surface area contributed by atoms with E-state index in [-0.39, 0.29) is 29.2 Å². The van der Waals surface area contributed by atoms with Crippen molar-refractivity contribution in [2.45, 2.75) is 57.5 Å². The number of nitrogens with zero attached hydrogens (tertiary/aromatic N) is 9. The maximum atomic E-state index is 13.7. The largest absolute Gasteiger partial charge is 0.494 e. The van der Waals surface area contributed by atoms with Gasteiger partial charge in [0.15, 0.2) is 0 Å². The van der Waals surface area contributed by atoms with Crippen LogP contribution in [0.3, 0.4) is 0 Å². The number of imide groups is 1. The summed E-state index contributed by atoms with van der Waals surface area (Å²) >= 11 is 3.55. The number of hydrogen-bond donors (Lipinski definition) is 4. The smallest absolute Gasteiger partial charge is 0.249 e. The number of halogens is 1. The maximum absolute atomic E-state index is 13.7. The average molecular weight is 1050 g/mol. The number of sulfonamides is 1. The van der Waals surface area contributed by atoms with Gasteiger partial charge in [-0.15, -0.1) is 0 Å². The van der Waals surface area contributed by atoms with Crippen LogP contribution in [0.1, 0.15) is 44.1 Å². The first-order valence-electron chi connectivity index (χ1n) is 24.0. The normalized spacial score (nSPS) is 20.2. The Hall–Kier alpha value is -6.52. The number of benzene rings is 3. The van der Waals surface area contributed by atoms with Crippen molar-refractivity contribution in [2.24, 2.45) is 5.41 Å². The summed E-state index contributed by atoms with van der Waals surface area (Å²) in [6.45, 7) is 8.66. The molecular formula is C49H58BrN13O7S. The molecule has 20 nitrogen and oxygen atoms in total. The SMILES string of the molecule is COc1cc(N2CCC3(CCN(C(=O)CN4CCN5c6ccc(NC7CCC(=O)NC7=O)cc6OC[C@H]5C4)CC3)CC2)c(C)cc1Nc1ncc(Br)c(Nc2ccc3nccnc3c2N(C)S(C)(=O)=O)n1. The molecule has 5 aliphatic heterocycles. The van der Waals surface area contributed by atoms with Crippen molar-refractivity contribution < 1.29 is 32.3 Å². The zero-order chi connectivity index (χ0) is 49.6. The monoisotopic (exact) mass is 1050 g/mol. The third-order valence-corrected chi connectivity index (χ3v) is 16.5. The lowest BCUT2D eigenvalue weighted by molar-refractivity contribution is -0.135.